The second-order valence-corrected chi connectivity index (χ2v) is 6.83. The van der Waals surface area contributed by atoms with E-state index < -0.39 is 0 Å². The molecule has 0 aliphatic rings. The number of nitrogens with zero attached hydrogens (tertiary/aromatic N) is 5. The fourth-order valence-corrected chi connectivity index (χ4v) is 3.33. The Bertz CT molecular complexity index is 1150. The van der Waals surface area contributed by atoms with Crippen LogP contribution in [0.25, 0.3) is 28.5 Å². The van der Waals surface area contributed by atoms with E-state index in [0.29, 0.717) is 23.8 Å². The number of aromatic nitrogens is 5. The van der Waals surface area contributed by atoms with Crippen LogP contribution in [0.15, 0.2) is 54.9 Å². The molecule has 0 saturated heterocycles. The summed E-state index contributed by atoms with van der Waals surface area (Å²) in [6, 6.07) is 12.7. The maximum atomic E-state index is 14.0. The minimum absolute atomic E-state index is 0.000597. The summed E-state index contributed by atoms with van der Waals surface area (Å²) in [6.45, 7) is 4.41. The van der Waals surface area contributed by atoms with Crippen LogP contribution in [0.5, 0.6) is 0 Å². The van der Waals surface area contributed by atoms with Crippen molar-refractivity contribution in [2.75, 3.05) is 6.61 Å². The lowest BCUT2D eigenvalue weighted by Crippen LogP contribution is -2.04. The number of aliphatic hydroxyl groups is 1. The SMILES string of the molecule is CCc1ccccc1-n1nc(-c2cnn(CCO)c2)nc1-c1cc(F)ccc1C. The van der Waals surface area contributed by atoms with Gasteiger partial charge in [0.1, 0.15) is 5.82 Å². The zero-order valence-corrected chi connectivity index (χ0v) is 16.4. The maximum Gasteiger partial charge on any atom is 0.185 e. The molecule has 0 aliphatic carbocycles. The minimum atomic E-state index is -0.318. The number of para-hydroxylation sites is 1. The highest BCUT2D eigenvalue weighted by atomic mass is 19.1. The molecule has 0 atom stereocenters. The zero-order valence-electron chi connectivity index (χ0n) is 16.4. The number of aryl methyl sites for hydroxylation is 2. The van der Waals surface area contributed by atoms with Crippen LogP contribution in [0, 0.1) is 12.7 Å². The molecule has 4 rings (SSSR count). The van der Waals surface area contributed by atoms with Crippen molar-refractivity contribution in [3.8, 4) is 28.5 Å². The van der Waals surface area contributed by atoms with E-state index in [0.717, 1.165) is 28.8 Å². The van der Waals surface area contributed by atoms with Gasteiger partial charge in [-0.25, -0.2) is 14.1 Å². The van der Waals surface area contributed by atoms with Gasteiger partial charge in [-0.1, -0.05) is 31.2 Å². The molecule has 0 aliphatic heterocycles. The van der Waals surface area contributed by atoms with E-state index >= 15 is 0 Å². The molecule has 0 fully saturated rings. The molecule has 0 radical (unpaired) electrons. The molecule has 6 nitrogen and oxygen atoms in total. The molecule has 2 aromatic heterocycles. The van der Waals surface area contributed by atoms with Crippen molar-refractivity contribution in [1.29, 1.82) is 0 Å². The van der Waals surface area contributed by atoms with Crippen LogP contribution in [-0.4, -0.2) is 36.3 Å². The first kappa shape index (κ1) is 19.0. The molecule has 0 unspecified atom stereocenters. The molecule has 2 aromatic carbocycles. The van der Waals surface area contributed by atoms with Crippen LogP contribution in [0.4, 0.5) is 4.39 Å². The summed E-state index contributed by atoms with van der Waals surface area (Å²) in [7, 11) is 0. The van der Waals surface area contributed by atoms with Gasteiger partial charge in [0.2, 0.25) is 0 Å². The first-order chi connectivity index (χ1) is 14.1. The third kappa shape index (κ3) is 3.69. The summed E-state index contributed by atoms with van der Waals surface area (Å²) in [5.74, 6) is 0.757. The van der Waals surface area contributed by atoms with Crippen LogP contribution in [0.3, 0.4) is 0 Å². The van der Waals surface area contributed by atoms with Crippen molar-refractivity contribution in [3.05, 3.63) is 71.8 Å². The molecule has 2 heterocycles. The van der Waals surface area contributed by atoms with Gasteiger partial charge in [0.15, 0.2) is 11.6 Å². The quantitative estimate of drug-likeness (QED) is 0.543. The summed E-state index contributed by atoms with van der Waals surface area (Å²) in [6.07, 6.45) is 4.30. The molecule has 7 heteroatoms. The summed E-state index contributed by atoms with van der Waals surface area (Å²) in [4.78, 5) is 4.75. The number of benzene rings is 2. The van der Waals surface area contributed by atoms with E-state index in [1.807, 2.05) is 25.1 Å². The van der Waals surface area contributed by atoms with Gasteiger partial charge in [-0.05, 0) is 42.7 Å². The third-order valence-electron chi connectivity index (χ3n) is 4.87. The number of hydrogen-bond donors (Lipinski definition) is 1. The molecule has 0 bridgehead atoms. The van der Waals surface area contributed by atoms with Gasteiger partial charge >= 0.3 is 0 Å². The van der Waals surface area contributed by atoms with Crippen LogP contribution in [0.2, 0.25) is 0 Å². The average Bonchev–Trinajstić information content (AvgIpc) is 3.37. The molecular weight excluding hydrogens is 369 g/mol. The number of halogens is 1. The average molecular weight is 391 g/mol. The predicted octanol–water partition coefficient (Wildman–Crippen LogP) is 3.80. The van der Waals surface area contributed by atoms with Gasteiger partial charge in [0, 0.05) is 11.8 Å². The largest absolute Gasteiger partial charge is 0.394 e. The normalized spacial score (nSPS) is 11.2. The highest BCUT2D eigenvalue weighted by Gasteiger charge is 2.19. The highest BCUT2D eigenvalue weighted by Crippen LogP contribution is 2.29. The van der Waals surface area contributed by atoms with E-state index in [2.05, 4.69) is 18.1 Å². The van der Waals surface area contributed by atoms with Gasteiger partial charge in [-0.2, -0.15) is 5.10 Å². The van der Waals surface area contributed by atoms with Gasteiger partial charge in [0.05, 0.1) is 30.6 Å². The van der Waals surface area contributed by atoms with Crippen LogP contribution < -0.4 is 0 Å². The Morgan fingerprint density at radius 2 is 1.97 bits per heavy atom. The lowest BCUT2D eigenvalue weighted by atomic mass is 10.1. The molecule has 0 saturated carbocycles. The van der Waals surface area contributed by atoms with Crippen molar-refractivity contribution in [2.24, 2.45) is 0 Å². The Morgan fingerprint density at radius 1 is 1.14 bits per heavy atom. The molecule has 0 amide bonds. The molecule has 1 N–H and O–H groups in total. The maximum absolute atomic E-state index is 14.0. The van der Waals surface area contributed by atoms with Crippen LogP contribution in [-0.2, 0) is 13.0 Å². The molecule has 29 heavy (non-hydrogen) atoms. The van der Waals surface area contributed by atoms with E-state index in [1.165, 1.54) is 12.1 Å². The third-order valence-corrected chi connectivity index (χ3v) is 4.87. The standard InChI is InChI=1S/C22H22FN5O/c1-3-16-6-4-5-7-20(16)28-22(19-12-18(23)9-8-15(19)2)25-21(26-28)17-13-24-27(14-17)10-11-29/h4-9,12-14,29H,3,10-11H2,1-2H3. The van der Waals surface area contributed by atoms with Gasteiger partial charge in [-0.15, -0.1) is 5.10 Å². The second-order valence-electron chi connectivity index (χ2n) is 6.83. The Kier molecular flexibility index (Phi) is 5.22. The number of rotatable bonds is 6. The van der Waals surface area contributed by atoms with Crippen molar-refractivity contribution in [2.45, 2.75) is 26.8 Å². The number of hydrogen-bond acceptors (Lipinski definition) is 4. The zero-order chi connectivity index (χ0) is 20.4. The van der Waals surface area contributed by atoms with Gasteiger partial charge < -0.3 is 5.11 Å². The predicted molar refractivity (Wildman–Crippen MR) is 109 cm³/mol. The Labute approximate surface area is 168 Å². The van der Waals surface area contributed by atoms with E-state index in [9.17, 15) is 4.39 Å². The van der Waals surface area contributed by atoms with Crippen molar-refractivity contribution < 1.29 is 9.50 Å². The highest BCUT2D eigenvalue weighted by molar-refractivity contribution is 5.66. The van der Waals surface area contributed by atoms with E-state index in [4.69, 9.17) is 15.2 Å². The van der Waals surface area contributed by atoms with Gasteiger partial charge in [0.25, 0.3) is 0 Å². The molecule has 148 valence electrons. The smallest absolute Gasteiger partial charge is 0.185 e. The Balaban J connectivity index is 1.92. The fraction of sp³-hybridized carbons (Fsp3) is 0.227. The molecule has 0 spiro atoms. The monoisotopic (exact) mass is 391 g/mol. The lowest BCUT2D eigenvalue weighted by molar-refractivity contribution is 0.269. The summed E-state index contributed by atoms with van der Waals surface area (Å²) < 4.78 is 17.5. The minimum Gasteiger partial charge on any atom is -0.394 e. The Hall–Kier alpha value is -3.32. The molecular formula is C22H22FN5O. The Morgan fingerprint density at radius 3 is 2.76 bits per heavy atom. The second kappa shape index (κ2) is 7.97. The van der Waals surface area contributed by atoms with Crippen LogP contribution >= 0.6 is 0 Å². The first-order valence-electron chi connectivity index (χ1n) is 9.56. The lowest BCUT2D eigenvalue weighted by Gasteiger charge is -2.11. The van der Waals surface area contributed by atoms with E-state index in [1.54, 1.807) is 27.8 Å². The summed E-state index contributed by atoms with van der Waals surface area (Å²) in [5, 5.41) is 18.1. The van der Waals surface area contributed by atoms with Crippen molar-refractivity contribution in [1.82, 2.24) is 24.5 Å². The first-order valence-corrected chi connectivity index (χ1v) is 9.56. The summed E-state index contributed by atoms with van der Waals surface area (Å²) >= 11 is 0. The van der Waals surface area contributed by atoms with Crippen molar-refractivity contribution in [3.63, 3.8) is 0 Å². The topological polar surface area (TPSA) is 68.8 Å². The fourth-order valence-electron chi connectivity index (χ4n) is 3.33. The van der Waals surface area contributed by atoms with Crippen LogP contribution in [0.1, 0.15) is 18.1 Å². The van der Waals surface area contributed by atoms with Gasteiger partial charge in [-0.3, -0.25) is 4.68 Å². The summed E-state index contributed by atoms with van der Waals surface area (Å²) in [5.41, 5.74) is 4.38. The van der Waals surface area contributed by atoms with Crippen molar-refractivity contribution >= 4 is 0 Å². The molecule has 4 aromatic rings. The number of aliphatic hydroxyl groups excluding tert-OH is 1. The van der Waals surface area contributed by atoms with E-state index in [-0.39, 0.29) is 12.4 Å².